The van der Waals surface area contributed by atoms with Crippen molar-refractivity contribution in [2.75, 3.05) is 0 Å². The van der Waals surface area contributed by atoms with Crippen LogP contribution >= 0.6 is 0 Å². The Bertz CT molecular complexity index is 669. The molecule has 0 aliphatic heterocycles. The van der Waals surface area contributed by atoms with Crippen molar-refractivity contribution in [2.24, 2.45) is 7.05 Å². The Kier molecular flexibility index (Phi) is 2.18. The van der Waals surface area contributed by atoms with Crippen molar-refractivity contribution in [3.05, 3.63) is 48.5 Å². The molecule has 0 N–H and O–H groups in total. The molecular weight excluding hydrogens is 210 g/mol. The number of nitrogens with zero attached hydrogens (tertiary/aromatic N) is 3. The Morgan fingerprint density at radius 1 is 1.06 bits per heavy atom. The first-order valence-electron chi connectivity index (χ1n) is 5.57. The smallest absolute Gasteiger partial charge is 0.115 e. The molecular formula is C14H13N3. The molecule has 0 bridgehead atoms. The molecule has 17 heavy (non-hydrogen) atoms. The molecule has 2 aromatic heterocycles. The highest BCUT2D eigenvalue weighted by Gasteiger charge is 2.07. The molecule has 0 atom stereocenters. The molecule has 0 saturated carbocycles. The van der Waals surface area contributed by atoms with Gasteiger partial charge in [-0.1, -0.05) is 11.6 Å². The van der Waals surface area contributed by atoms with Gasteiger partial charge in [0.05, 0.1) is 5.69 Å². The summed E-state index contributed by atoms with van der Waals surface area (Å²) in [5, 5.41) is 1.26. The summed E-state index contributed by atoms with van der Waals surface area (Å²) in [7, 11) is 2.07. The van der Waals surface area contributed by atoms with Crippen molar-refractivity contribution in [2.45, 2.75) is 6.92 Å². The van der Waals surface area contributed by atoms with Crippen molar-refractivity contribution in [3.8, 4) is 11.3 Å². The maximum absolute atomic E-state index is 4.07. The Morgan fingerprint density at radius 2 is 1.82 bits per heavy atom. The van der Waals surface area contributed by atoms with Gasteiger partial charge in [0, 0.05) is 35.9 Å². The van der Waals surface area contributed by atoms with E-state index in [-0.39, 0.29) is 0 Å². The predicted molar refractivity (Wildman–Crippen MR) is 68.7 cm³/mol. The highest BCUT2D eigenvalue weighted by molar-refractivity contribution is 5.87. The van der Waals surface area contributed by atoms with Gasteiger partial charge in [0.15, 0.2) is 0 Å². The zero-order chi connectivity index (χ0) is 11.8. The third-order valence-corrected chi connectivity index (χ3v) is 3.05. The van der Waals surface area contributed by atoms with Crippen LogP contribution in [0.15, 0.2) is 43.0 Å². The average molecular weight is 223 g/mol. The second-order valence-electron chi connectivity index (χ2n) is 4.28. The van der Waals surface area contributed by atoms with E-state index in [1.54, 1.807) is 6.33 Å². The van der Waals surface area contributed by atoms with Gasteiger partial charge in [-0.3, -0.25) is 0 Å². The topological polar surface area (TPSA) is 30.7 Å². The molecule has 0 amide bonds. The van der Waals surface area contributed by atoms with Crippen LogP contribution in [0.25, 0.3) is 22.2 Å². The van der Waals surface area contributed by atoms with E-state index >= 15 is 0 Å². The van der Waals surface area contributed by atoms with Gasteiger partial charge in [-0.15, -0.1) is 0 Å². The minimum Gasteiger partial charge on any atom is -0.344 e. The Balaban J connectivity index is 2.28. The first kappa shape index (κ1) is 10.0. The second kappa shape index (κ2) is 3.70. The fourth-order valence-corrected chi connectivity index (χ4v) is 2.18. The minimum atomic E-state index is 1.05. The second-order valence-corrected chi connectivity index (χ2v) is 4.28. The lowest BCUT2D eigenvalue weighted by atomic mass is 10.2. The first-order valence-corrected chi connectivity index (χ1v) is 5.57. The van der Waals surface area contributed by atoms with Crippen LogP contribution in [0, 0.1) is 6.92 Å². The molecule has 3 aromatic rings. The van der Waals surface area contributed by atoms with Crippen LogP contribution < -0.4 is 0 Å². The summed E-state index contributed by atoms with van der Waals surface area (Å²) in [5.74, 6) is 0. The third kappa shape index (κ3) is 1.60. The molecule has 0 radical (unpaired) electrons. The third-order valence-electron chi connectivity index (χ3n) is 3.05. The standard InChI is InChI=1S/C14H13N3/c1-10-3-4-13-11(5-10)6-14(17(13)2)12-7-15-9-16-8-12/h3-9H,1-2H3. The Labute approximate surface area is 99.8 Å². The van der Waals surface area contributed by atoms with Gasteiger partial charge in [0.2, 0.25) is 0 Å². The highest BCUT2D eigenvalue weighted by atomic mass is 15.0. The maximum Gasteiger partial charge on any atom is 0.115 e. The SMILES string of the molecule is Cc1ccc2c(c1)cc(-c1cncnc1)n2C. The zero-order valence-electron chi connectivity index (χ0n) is 9.88. The van der Waals surface area contributed by atoms with E-state index < -0.39 is 0 Å². The summed E-state index contributed by atoms with van der Waals surface area (Å²) in [5.41, 5.74) is 4.70. The Hall–Kier alpha value is -2.16. The molecule has 0 spiro atoms. The van der Waals surface area contributed by atoms with Gasteiger partial charge < -0.3 is 4.57 Å². The van der Waals surface area contributed by atoms with Crippen LogP contribution in [-0.2, 0) is 7.05 Å². The molecule has 84 valence electrons. The van der Waals surface area contributed by atoms with Crippen molar-refractivity contribution in [1.82, 2.24) is 14.5 Å². The molecule has 3 heteroatoms. The van der Waals surface area contributed by atoms with Gasteiger partial charge in [-0.25, -0.2) is 9.97 Å². The minimum absolute atomic E-state index is 1.05. The van der Waals surface area contributed by atoms with Crippen molar-refractivity contribution in [3.63, 3.8) is 0 Å². The lowest BCUT2D eigenvalue weighted by Gasteiger charge is -2.03. The molecule has 1 aromatic carbocycles. The van der Waals surface area contributed by atoms with E-state index in [9.17, 15) is 0 Å². The highest BCUT2D eigenvalue weighted by Crippen LogP contribution is 2.26. The van der Waals surface area contributed by atoms with Crippen molar-refractivity contribution in [1.29, 1.82) is 0 Å². The van der Waals surface area contributed by atoms with Crippen LogP contribution in [0.4, 0.5) is 0 Å². The molecule has 0 saturated heterocycles. The maximum atomic E-state index is 4.07. The molecule has 0 unspecified atom stereocenters. The molecule has 3 rings (SSSR count). The summed E-state index contributed by atoms with van der Waals surface area (Å²) >= 11 is 0. The lowest BCUT2D eigenvalue weighted by molar-refractivity contribution is 0.973. The van der Waals surface area contributed by atoms with Crippen LogP contribution in [-0.4, -0.2) is 14.5 Å². The van der Waals surface area contributed by atoms with Crippen LogP contribution in [0.3, 0.4) is 0 Å². The summed E-state index contributed by atoms with van der Waals surface area (Å²) in [6.07, 6.45) is 5.23. The average Bonchev–Trinajstić information content (AvgIpc) is 2.67. The largest absolute Gasteiger partial charge is 0.344 e. The predicted octanol–water partition coefficient (Wildman–Crippen LogP) is 2.94. The Morgan fingerprint density at radius 3 is 2.59 bits per heavy atom. The fourth-order valence-electron chi connectivity index (χ4n) is 2.18. The molecule has 0 aliphatic rings. The quantitative estimate of drug-likeness (QED) is 0.635. The zero-order valence-corrected chi connectivity index (χ0v) is 9.88. The van der Waals surface area contributed by atoms with Crippen LogP contribution in [0.5, 0.6) is 0 Å². The number of aryl methyl sites for hydroxylation is 2. The van der Waals surface area contributed by atoms with Gasteiger partial charge in [-0.2, -0.15) is 0 Å². The molecule has 0 aliphatic carbocycles. The summed E-state index contributed by atoms with van der Waals surface area (Å²) in [4.78, 5) is 8.13. The number of hydrogen-bond acceptors (Lipinski definition) is 2. The van der Waals surface area contributed by atoms with E-state index in [2.05, 4.69) is 52.8 Å². The van der Waals surface area contributed by atoms with Gasteiger partial charge >= 0.3 is 0 Å². The number of rotatable bonds is 1. The number of hydrogen-bond donors (Lipinski definition) is 0. The normalized spacial score (nSPS) is 10.9. The summed E-state index contributed by atoms with van der Waals surface area (Å²) < 4.78 is 2.17. The molecule has 3 nitrogen and oxygen atoms in total. The van der Waals surface area contributed by atoms with Crippen molar-refractivity contribution >= 4 is 10.9 Å². The van der Waals surface area contributed by atoms with Crippen molar-refractivity contribution < 1.29 is 0 Å². The van der Waals surface area contributed by atoms with E-state index in [0.29, 0.717) is 0 Å². The van der Waals surface area contributed by atoms with Crippen LogP contribution in [0.1, 0.15) is 5.56 Å². The van der Waals surface area contributed by atoms with E-state index in [0.717, 1.165) is 11.3 Å². The number of benzene rings is 1. The monoisotopic (exact) mass is 223 g/mol. The lowest BCUT2D eigenvalue weighted by Crippen LogP contribution is -1.92. The van der Waals surface area contributed by atoms with Gasteiger partial charge in [0.1, 0.15) is 6.33 Å². The van der Waals surface area contributed by atoms with E-state index in [1.807, 2.05) is 12.4 Å². The number of aromatic nitrogens is 3. The van der Waals surface area contributed by atoms with Gasteiger partial charge in [0.25, 0.3) is 0 Å². The summed E-state index contributed by atoms with van der Waals surface area (Å²) in [6.45, 7) is 2.11. The molecule has 2 heterocycles. The number of fused-ring (bicyclic) bond motifs is 1. The summed E-state index contributed by atoms with van der Waals surface area (Å²) in [6, 6.07) is 8.66. The van der Waals surface area contributed by atoms with Crippen LogP contribution in [0.2, 0.25) is 0 Å². The van der Waals surface area contributed by atoms with E-state index in [1.165, 1.54) is 16.5 Å². The molecule has 0 fully saturated rings. The van der Waals surface area contributed by atoms with Gasteiger partial charge in [-0.05, 0) is 25.1 Å². The van der Waals surface area contributed by atoms with E-state index in [4.69, 9.17) is 0 Å². The first-order chi connectivity index (χ1) is 8.25. The fraction of sp³-hybridized carbons (Fsp3) is 0.143.